The van der Waals surface area contributed by atoms with E-state index < -0.39 is 6.18 Å². The van der Waals surface area contributed by atoms with Crippen LogP contribution in [0.4, 0.5) is 13.2 Å². The van der Waals surface area contributed by atoms with Gasteiger partial charge in [0, 0.05) is 33.6 Å². The molecule has 0 N–H and O–H groups in total. The molecule has 0 aliphatic heterocycles. The third-order valence-corrected chi connectivity index (χ3v) is 10.4. The minimum Gasteiger partial charge on any atom is -0.309 e. The fourth-order valence-electron chi connectivity index (χ4n) is 7.67. The van der Waals surface area contributed by atoms with E-state index in [-0.39, 0.29) is 28.0 Å². The zero-order chi connectivity index (χ0) is 45.5. The van der Waals surface area contributed by atoms with Crippen LogP contribution in [0.1, 0.15) is 217 Å². The molecule has 2 saturated carbocycles. The van der Waals surface area contributed by atoms with E-state index in [1.807, 2.05) is 26.8 Å². The average Bonchev–Trinajstić information content (AvgIpc) is 3.12. The van der Waals surface area contributed by atoms with E-state index in [0.29, 0.717) is 16.2 Å². The van der Waals surface area contributed by atoms with Crippen molar-refractivity contribution in [3.8, 4) is 0 Å². The fourth-order valence-corrected chi connectivity index (χ4v) is 7.67. The number of aryl methyl sites for hydroxylation is 2. The van der Waals surface area contributed by atoms with Crippen LogP contribution in [-0.4, -0.2) is 12.5 Å². The molecule has 0 atom stereocenters. The molecule has 0 aromatic heterocycles. The number of rotatable bonds is 14. The van der Waals surface area contributed by atoms with Crippen molar-refractivity contribution in [2.24, 2.45) is 16.7 Å². The average molecular weight is 988 g/mol. The van der Waals surface area contributed by atoms with Gasteiger partial charge in [0.15, 0.2) is 0 Å². The Bertz CT molecular complexity index is 1220. The van der Waals surface area contributed by atoms with Crippen molar-refractivity contribution in [3.05, 3.63) is 88.9 Å². The Morgan fingerprint density at radius 2 is 1.34 bits per heavy atom. The van der Waals surface area contributed by atoms with Crippen molar-refractivity contribution in [2.45, 2.75) is 226 Å². The van der Waals surface area contributed by atoms with Gasteiger partial charge in [0.25, 0.3) is 0 Å². The summed E-state index contributed by atoms with van der Waals surface area (Å²) in [5.41, 5.74) is 9.25. The summed E-state index contributed by atoms with van der Waals surface area (Å²) in [6, 6.07) is 7.13. The zero-order valence-corrected chi connectivity index (χ0v) is 44.3. The van der Waals surface area contributed by atoms with Gasteiger partial charge in [-0.2, -0.15) is 27.0 Å². The van der Waals surface area contributed by atoms with Gasteiger partial charge < -0.3 is 5.92 Å². The van der Waals surface area contributed by atoms with Crippen LogP contribution in [0.2, 0.25) is 0 Å². The molecule has 0 amide bonds. The Balaban J connectivity index is -0.000000221. The number of carbonyl (C=O) groups excluding carboxylic acids is 1. The molecule has 0 unspecified atom stereocenters. The molecular weight excluding hydrogens is 893 g/mol. The molecule has 58 heavy (non-hydrogen) atoms. The van der Waals surface area contributed by atoms with Crippen LogP contribution >= 0.6 is 0 Å². The van der Waals surface area contributed by atoms with Crippen LogP contribution in [-0.2, 0) is 31.3 Å². The van der Waals surface area contributed by atoms with Crippen LogP contribution in [0.3, 0.4) is 0 Å². The van der Waals surface area contributed by atoms with Gasteiger partial charge in [0.05, 0.1) is 0 Å². The first-order chi connectivity index (χ1) is 26.6. The summed E-state index contributed by atoms with van der Waals surface area (Å²) in [6.45, 7) is 43.8. The van der Waals surface area contributed by atoms with Crippen LogP contribution in [0.25, 0.3) is 0 Å². The molecule has 2 aliphatic carbocycles. The summed E-state index contributed by atoms with van der Waals surface area (Å²) in [7, 11) is 0. The van der Waals surface area contributed by atoms with Gasteiger partial charge >= 0.3 is 6.18 Å². The number of unbranched alkanes of at least 4 members (excludes halogenated alkanes) is 3. The van der Waals surface area contributed by atoms with Crippen molar-refractivity contribution in [1.82, 2.24) is 0 Å². The van der Waals surface area contributed by atoms with Crippen molar-refractivity contribution in [3.63, 3.8) is 0 Å². The van der Waals surface area contributed by atoms with Gasteiger partial charge in [-0.25, -0.2) is 0 Å². The second kappa shape index (κ2) is 36.0. The van der Waals surface area contributed by atoms with E-state index >= 15 is 0 Å². The predicted molar refractivity (Wildman–Crippen MR) is 252 cm³/mol. The van der Waals surface area contributed by atoms with E-state index in [4.69, 9.17) is 0 Å². The second-order valence-electron chi connectivity index (χ2n) is 17.4. The Hall–Kier alpha value is -1.67. The number of carbonyl (C=O) groups is 1. The first kappa shape index (κ1) is 65.4. The summed E-state index contributed by atoms with van der Waals surface area (Å²) >= 11 is 0. The fraction of sp³-hybridized carbons (Fsp3) is 0.698. The van der Waals surface area contributed by atoms with Crippen molar-refractivity contribution in [2.75, 3.05) is 0 Å². The zero-order valence-electron chi connectivity index (χ0n) is 41.4. The normalized spacial score (nSPS) is 15.8. The molecule has 2 fully saturated rings. The number of allylic oxidation sites excluding steroid dienone is 6. The van der Waals surface area contributed by atoms with E-state index in [2.05, 4.69) is 140 Å². The quantitative estimate of drug-likeness (QED) is 0.0597. The molecule has 2 aliphatic rings. The summed E-state index contributed by atoms with van der Waals surface area (Å²) in [5, 5.41) is 0. The molecule has 1 aromatic carbocycles. The molecule has 0 saturated heterocycles. The Morgan fingerprint density at radius 1 is 0.845 bits per heavy atom. The predicted octanol–water partition coefficient (Wildman–Crippen LogP) is 18.8. The third-order valence-electron chi connectivity index (χ3n) is 10.4. The van der Waals surface area contributed by atoms with E-state index in [1.165, 1.54) is 74.5 Å². The topological polar surface area (TPSA) is 17.1 Å². The molecule has 0 bridgehead atoms. The summed E-state index contributed by atoms with van der Waals surface area (Å²) in [5.74, 6) is 2.51. The molecule has 1 aromatic rings. The number of hydrogen-bond donors (Lipinski definition) is 0. The SMILES string of the molecule is C=C.CC.CC(F)(F)F.CCCC.CCCCC(C)C.CC\C=C(C)/C(C=O)=C\C(=C/CCC)CCC.Cc1ccc(C2([C-](C)C)CC3(CC(C)(C)C3)C2)cc1C.[W]. The molecule has 0 heterocycles. The maximum absolute atomic E-state index is 11.1. The minimum absolute atomic E-state index is 0. The molecule has 1 spiro atoms. The molecule has 340 valence electrons. The Morgan fingerprint density at radius 3 is 1.66 bits per heavy atom. The number of halogens is 3. The largest absolute Gasteiger partial charge is 0.386 e. The number of alkyl halides is 3. The summed E-state index contributed by atoms with van der Waals surface area (Å²) in [6.07, 6.45) is 21.2. The van der Waals surface area contributed by atoms with Crippen molar-refractivity contribution >= 4 is 6.29 Å². The first-order valence-corrected chi connectivity index (χ1v) is 22.5. The van der Waals surface area contributed by atoms with Crippen LogP contribution in [0, 0.1) is 36.5 Å². The van der Waals surface area contributed by atoms with E-state index in [9.17, 15) is 18.0 Å². The maximum Gasteiger partial charge on any atom is 0.386 e. The Labute approximate surface area is 375 Å². The maximum atomic E-state index is 11.1. The molecule has 0 radical (unpaired) electrons. The number of hydrogen-bond acceptors (Lipinski definition) is 1. The van der Waals surface area contributed by atoms with Gasteiger partial charge in [-0.05, 0) is 92.4 Å². The van der Waals surface area contributed by atoms with Crippen molar-refractivity contribution < 1.29 is 39.0 Å². The summed E-state index contributed by atoms with van der Waals surface area (Å²) in [4.78, 5) is 11.1. The van der Waals surface area contributed by atoms with Crippen LogP contribution in [0.5, 0.6) is 0 Å². The van der Waals surface area contributed by atoms with Crippen LogP contribution < -0.4 is 0 Å². The standard InChI is InChI=1S/C20H29.C16H26O.C7H16.C4H10.C2H3F3.C2H6.C2H4.W/c1-14(2)20(17-8-7-15(3)16(4)9-17)12-19(13-20)10-18(5,6)11-19;1-5-8-11-15(10-7-3)12-16(13-17)14(4)9-6-2;1-4-5-6-7(2)3;1-3-4-2;1-2(3,4)5;2*1-2;/h7-9H,10-13H2,1-6H3;9,11-13H,5-8,10H2,1-4H3;7H,4-6H2,1-3H3;3-4H2,1-2H3;1H3;1-2H3;1-2H2;/q-1;;;;;;;/b;14-9-,15-11-,16-12-;;;;;;. The third kappa shape index (κ3) is 29.5. The first-order valence-electron chi connectivity index (χ1n) is 22.5. The number of benzene rings is 1. The van der Waals surface area contributed by atoms with E-state index in [0.717, 1.165) is 55.5 Å². The van der Waals surface area contributed by atoms with Gasteiger partial charge in [0.1, 0.15) is 6.29 Å². The molecule has 3 rings (SSSR count). The van der Waals surface area contributed by atoms with Crippen molar-refractivity contribution in [1.29, 1.82) is 0 Å². The molecule has 1 nitrogen and oxygen atoms in total. The second-order valence-corrected chi connectivity index (χ2v) is 17.4. The van der Waals surface area contributed by atoms with Gasteiger partial charge in [-0.3, -0.25) is 4.79 Å². The monoisotopic (exact) mass is 988 g/mol. The summed E-state index contributed by atoms with van der Waals surface area (Å²) < 4.78 is 31.1. The smallest absolute Gasteiger partial charge is 0.309 e. The van der Waals surface area contributed by atoms with Gasteiger partial charge in [-0.1, -0.05) is 182 Å². The number of aldehydes is 1. The van der Waals surface area contributed by atoms with Gasteiger partial charge in [-0.15, -0.1) is 18.6 Å². The van der Waals surface area contributed by atoms with Gasteiger partial charge in [0.2, 0.25) is 0 Å². The molecule has 5 heteroatoms. The van der Waals surface area contributed by atoms with E-state index in [1.54, 1.807) is 11.5 Å². The Kier molecular flexibility index (Phi) is 40.7. The minimum atomic E-state index is -4.00. The van der Waals surface area contributed by atoms with Crippen LogP contribution in [0.15, 0.2) is 66.3 Å². The molecular formula is C53H94F3OW-.